The molecule has 1 N–H and O–H groups in total. The van der Waals surface area contributed by atoms with E-state index in [9.17, 15) is 4.79 Å². The fourth-order valence-electron chi connectivity index (χ4n) is 3.23. The van der Waals surface area contributed by atoms with Gasteiger partial charge in [-0.15, -0.1) is 0 Å². The van der Waals surface area contributed by atoms with Crippen LogP contribution < -0.4 is 10.3 Å². The predicted octanol–water partition coefficient (Wildman–Crippen LogP) is 2.67. The van der Waals surface area contributed by atoms with Gasteiger partial charge in [0.05, 0.1) is 12.8 Å². The average Bonchev–Trinajstić information content (AvgIpc) is 2.71. The van der Waals surface area contributed by atoms with Gasteiger partial charge in [-0.25, -0.2) is 5.43 Å². The van der Waals surface area contributed by atoms with Crippen LogP contribution in [0, 0.1) is 0 Å². The third kappa shape index (κ3) is 6.85. The number of hydrogen-bond acceptors (Lipinski definition) is 5. The summed E-state index contributed by atoms with van der Waals surface area (Å²) in [4.78, 5) is 18.7. The lowest BCUT2D eigenvalue weighted by atomic mass is 10.2. The smallest absolute Gasteiger partial charge is 0.254 e. The third-order valence-electron chi connectivity index (χ3n) is 4.96. The first kappa shape index (κ1) is 21.3. The van der Waals surface area contributed by atoms with Gasteiger partial charge in [0, 0.05) is 57.5 Å². The van der Waals surface area contributed by atoms with Gasteiger partial charge in [-0.2, -0.15) is 5.10 Å². The molecule has 0 aliphatic carbocycles. The zero-order valence-corrected chi connectivity index (χ0v) is 17.8. The topological polar surface area (TPSA) is 51.2 Å². The molecule has 0 bridgehead atoms. The lowest BCUT2D eigenvalue weighted by molar-refractivity contribution is -0.122. The summed E-state index contributed by atoms with van der Waals surface area (Å²) in [5.41, 5.74) is 5.96. The van der Waals surface area contributed by atoms with Crippen molar-refractivity contribution in [1.82, 2.24) is 15.2 Å². The summed E-state index contributed by atoms with van der Waals surface area (Å²) in [6, 6.07) is 16.0. The molecular weight excluding hydrogens is 386 g/mol. The number of carbonyl (C=O) groups excluding carboxylic acids is 1. The number of amides is 1. The minimum Gasteiger partial charge on any atom is -0.378 e. The van der Waals surface area contributed by atoms with Crippen LogP contribution in [0.25, 0.3) is 0 Å². The van der Waals surface area contributed by atoms with Gasteiger partial charge in [0.15, 0.2) is 0 Å². The predicted molar refractivity (Wildman–Crippen MR) is 120 cm³/mol. The Morgan fingerprint density at radius 1 is 1.03 bits per heavy atom. The molecule has 0 atom stereocenters. The zero-order chi connectivity index (χ0) is 20.6. The Labute approximate surface area is 177 Å². The minimum absolute atomic E-state index is 0.0858. The van der Waals surface area contributed by atoms with Crippen LogP contribution in [0.1, 0.15) is 11.1 Å². The van der Waals surface area contributed by atoms with E-state index >= 15 is 0 Å². The summed E-state index contributed by atoms with van der Waals surface area (Å²) < 4.78 is 0. The molecule has 0 saturated carbocycles. The van der Waals surface area contributed by atoms with Crippen molar-refractivity contribution in [3.8, 4) is 0 Å². The first-order valence-electron chi connectivity index (χ1n) is 9.78. The highest BCUT2D eigenvalue weighted by Crippen LogP contribution is 2.13. The summed E-state index contributed by atoms with van der Waals surface area (Å²) in [5, 5.41) is 4.84. The molecule has 3 rings (SSSR count). The number of carbonyl (C=O) groups is 1. The molecule has 1 aliphatic rings. The van der Waals surface area contributed by atoms with Gasteiger partial charge in [0.2, 0.25) is 0 Å². The van der Waals surface area contributed by atoms with Crippen LogP contribution in [0.2, 0.25) is 5.02 Å². The molecule has 2 aromatic carbocycles. The molecule has 6 nitrogen and oxygen atoms in total. The largest absolute Gasteiger partial charge is 0.378 e. The van der Waals surface area contributed by atoms with Gasteiger partial charge >= 0.3 is 0 Å². The number of anilines is 1. The Morgan fingerprint density at radius 2 is 1.66 bits per heavy atom. The average molecular weight is 414 g/mol. The maximum Gasteiger partial charge on any atom is 0.254 e. The van der Waals surface area contributed by atoms with Gasteiger partial charge in [-0.3, -0.25) is 14.6 Å². The Balaban J connectivity index is 1.37. The van der Waals surface area contributed by atoms with E-state index < -0.39 is 0 Å². The second-order valence-corrected chi connectivity index (χ2v) is 7.89. The van der Waals surface area contributed by atoms with E-state index in [4.69, 9.17) is 11.6 Å². The molecule has 7 heteroatoms. The highest BCUT2D eigenvalue weighted by molar-refractivity contribution is 6.30. The minimum atomic E-state index is -0.0858. The van der Waals surface area contributed by atoms with Gasteiger partial charge in [-0.1, -0.05) is 35.9 Å². The fraction of sp³-hybridized carbons (Fsp3) is 0.364. The maximum atomic E-state index is 12.2. The highest BCUT2D eigenvalue weighted by atomic mass is 35.5. The number of halogens is 1. The van der Waals surface area contributed by atoms with Gasteiger partial charge in [0.25, 0.3) is 5.91 Å². The highest BCUT2D eigenvalue weighted by Gasteiger charge is 2.18. The van der Waals surface area contributed by atoms with Crippen LogP contribution in [0.4, 0.5) is 5.69 Å². The normalized spacial score (nSPS) is 15.6. The second kappa shape index (κ2) is 10.4. The monoisotopic (exact) mass is 413 g/mol. The molecule has 0 radical (unpaired) electrons. The van der Waals surface area contributed by atoms with Crippen molar-refractivity contribution < 1.29 is 4.79 Å². The Kier molecular flexibility index (Phi) is 7.63. The van der Waals surface area contributed by atoms with E-state index in [1.54, 1.807) is 6.21 Å². The lowest BCUT2D eigenvalue weighted by Crippen LogP contribution is -2.48. The molecule has 0 aromatic heterocycles. The molecule has 1 aliphatic heterocycles. The fourth-order valence-corrected chi connectivity index (χ4v) is 3.36. The summed E-state index contributed by atoms with van der Waals surface area (Å²) in [6.07, 6.45) is 1.67. The SMILES string of the molecule is CN(C)c1ccc(/C=N/NC(=O)CN2CCN(Cc3ccc(Cl)cc3)CC2)cc1. The quantitative estimate of drug-likeness (QED) is 0.560. The van der Waals surface area contributed by atoms with Crippen molar-refractivity contribution in [3.05, 3.63) is 64.7 Å². The van der Waals surface area contributed by atoms with Crippen molar-refractivity contribution in [1.29, 1.82) is 0 Å². The molecule has 0 spiro atoms. The van der Waals surface area contributed by atoms with Crippen molar-refractivity contribution in [2.24, 2.45) is 5.10 Å². The molecular formula is C22H28ClN5O. The van der Waals surface area contributed by atoms with E-state index in [0.29, 0.717) is 6.54 Å². The van der Waals surface area contributed by atoms with Crippen molar-refractivity contribution >= 4 is 29.4 Å². The number of benzene rings is 2. The standard InChI is InChI=1S/C22H28ClN5O/c1-26(2)21-9-5-18(6-10-21)15-24-25-22(29)17-28-13-11-27(12-14-28)16-19-3-7-20(23)8-4-19/h3-10,15H,11-14,16-17H2,1-2H3,(H,25,29)/b24-15+. The molecule has 1 heterocycles. The molecule has 1 amide bonds. The first-order valence-corrected chi connectivity index (χ1v) is 10.2. The van der Waals surface area contributed by atoms with Crippen LogP contribution >= 0.6 is 11.6 Å². The Morgan fingerprint density at radius 3 is 2.28 bits per heavy atom. The summed E-state index contributed by atoms with van der Waals surface area (Å²) in [6.45, 7) is 4.90. The number of rotatable bonds is 7. The van der Waals surface area contributed by atoms with Gasteiger partial charge in [-0.05, 0) is 35.4 Å². The van der Waals surface area contributed by atoms with Gasteiger partial charge in [0.1, 0.15) is 0 Å². The number of nitrogens with zero attached hydrogens (tertiary/aromatic N) is 4. The van der Waals surface area contributed by atoms with E-state index in [-0.39, 0.29) is 5.91 Å². The number of piperazine rings is 1. The Hall–Kier alpha value is -2.41. The van der Waals surface area contributed by atoms with Crippen LogP contribution in [0.15, 0.2) is 53.6 Å². The second-order valence-electron chi connectivity index (χ2n) is 7.46. The zero-order valence-electron chi connectivity index (χ0n) is 17.0. The van der Waals surface area contributed by atoms with Crippen LogP contribution in [0.5, 0.6) is 0 Å². The lowest BCUT2D eigenvalue weighted by Gasteiger charge is -2.34. The van der Waals surface area contributed by atoms with Crippen molar-refractivity contribution in [2.45, 2.75) is 6.54 Å². The van der Waals surface area contributed by atoms with Crippen LogP contribution in [-0.4, -0.2) is 68.7 Å². The van der Waals surface area contributed by atoms with Crippen LogP contribution in [-0.2, 0) is 11.3 Å². The van der Waals surface area contributed by atoms with E-state index in [1.807, 2.05) is 55.4 Å². The molecule has 154 valence electrons. The van der Waals surface area contributed by atoms with E-state index in [1.165, 1.54) is 5.56 Å². The maximum absolute atomic E-state index is 12.2. The molecule has 1 saturated heterocycles. The molecule has 0 unspecified atom stereocenters. The van der Waals surface area contributed by atoms with Crippen molar-refractivity contribution in [2.75, 3.05) is 51.7 Å². The summed E-state index contributed by atoms with van der Waals surface area (Å²) in [7, 11) is 4.00. The molecule has 1 fully saturated rings. The number of hydrogen-bond donors (Lipinski definition) is 1. The van der Waals surface area contributed by atoms with Crippen LogP contribution in [0.3, 0.4) is 0 Å². The number of hydrazone groups is 1. The summed E-state index contributed by atoms with van der Waals surface area (Å²) >= 11 is 5.94. The first-order chi connectivity index (χ1) is 14.0. The van der Waals surface area contributed by atoms with E-state index in [2.05, 4.69) is 32.5 Å². The summed E-state index contributed by atoms with van der Waals surface area (Å²) in [5.74, 6) is -0.0858. The van der Waals surface area contributed by atoms with Crippen molar-refractivity contribution in [3.63, 3.8) is 0 Å². The number of nitrogens with one attached hydrogen (secondary N) is 1. The van der Waals surface area contributed by atoms with E-state index in [0.717, 1.165) is 49.0 Å². The third-order valence-corrected chi connectivity index (χ3v) is 5.22. The molecule has 29 heavy (non-hydrogen) atoms. The molecule has 2 aromatic rings. The Bertz CT molecular complexity index is 812. The van der Waals surface area contributed by atoms with Gasteiger partial charge < -0.3 is 4.90 Å².